The van der Waals surface area contributed by atoms with Gasteiger partial charge in [-0.25, -0.2) is 8.42 Å². The van der Waals surface area contributed by atoms with Crippen LogP contribution in [0.4, 0.5) is 5.69 Å². The van der Waals surface area contributed by atoms with E-state index in [2.05, 4.69) is 5.32 Å². The van der Waals surface area contributed by atoms with Crippen molar-refractivity contribution >= 4 is 33.2 Å². The van der Waals surface area contributed by atoms with Gasteiger partial charge in [0.25, 0.3) is 5.56 Å². The van der Waals surface area contributed by atoms with Crippen LogP contribution in [0.15, 0.2) is 46.2 Å². The number of anilines is 1. The number of benzene rings is 1. The topological polar surface area (TPSA) is 88.5 Å². The molecule has 1 fully saturated rings. The van der Waals surface area contributed by atoms with Crippen molar-refractivity contribution < 1.29 is 13.2 Å². The van der Waals surface area contributed by atoms with Crippen molar-refractivity contribution in [3.05, 3.63) is 57.5 Å². The van der Waals surface area contributed by atoms with E-state index in [0.717, 1.165) is 23.8 Å². The fourth-order valence-electron chi connectivity index (χ4n) is 3.17. The highest BCUT2D eigenvalue weighted by molar-refractivity contribution is 7.89. The van der Waals surface area contributed by atoms with Gasteiger partial charge in [0.2, 0.25) is 15.9 Å². The molecule has 7 nitrogen and oxygen atoms in total. The van der Waals surface area contributed by atoms with E-state index in [-0.39, 0.29) is 11.4 Å². The summed E-state index contributed by atoms with van der Waals surface area (Å²) in [5, 5.41) is 3.22. The first kappa shape index (κ1) is 20.6. The van der Waals surface area contributed by atoms with Gasteiger partial charge in [0.15, 0.2) is 0 Å². The quantitative estimate of drug-likeness (QED) is 0.800. The van der Waals surface area contributed by atoms with Crippen LogP contribution in [-0.4, -0.2) is 36.3 Å². The van der Waals surface area contributed by atoms with E-state index >= 15 is 0 Å². The lowest BCUT2D eigenvalue weighted by Crippen LogP contribution is -2.39. The predicted molar refractivity (Wildman–Crippen MR) is 108 cm³/mol. The minimum absolute atomic E-state index is 0.297. The second kappa shape index (κ2) is 8.46. The molecule has 1 aromatic carbocycles. The Morgan fingerprint density at radius 1 is 1.14 bits per heavy atom. The van der Waals surface area contributed by atoms with E-state index in [1.807, 2.05) is 0 Å². The zero-order valence-electron chi connectivity index (χ0n) is 15.5. The van der Waals surface area contributed by atoms with E-state index in [1.165, 1.54) is 22.6 Å². The molecule has 0 aliphatic carbocycles. The number of amides is 1. The number of carbonyl (C=O) groups is 1. The molecule has 1 N–H and O–H groups in total. The van der Waals surface area contributed by atoms with Crippen LogP contribution in [0.25, 0.3) is 0 Å². The number of halogens is 1. The Hall–Kier alpha value is -2.16. The molecule has 1 aliphatic heterocycles. The number of pyridine rings is 1. The number of piperidine rings is 1. The van der Waals surface area contributed by atoms with Crippen molar-refractivity contribution in [2.24, 2.45) is 0 Å². The minimum Gasteiger partial charge on any atom is -0.324 e. The zero-order chi connectivity index (χ0) is 20.3. The molecule has 1 amide bonds. The van der Waals surface area contributed by atoms with Crippen LogP contribution in [0, 0.1) is 6.92 Å². The van der Waals surface area contributed by atoms with E-state index in [0.29, 0.717) is 29.4 Å². The number of hydrogen-bond donors (Lipinski definition) is 1. The highest BCUT2D eigenvalue weighted by atomic mass is 35.5. The lowest BCUT2D eigenvalue weighted by Gasteiger charge is -2.25. The number of nitrogens with one attached hydrogen (secondary N) is 1. The predicted octanol–water partition coefficient (Wildman–Crippen LogP) is 2.62. The number of carbonyl (C=O) groups excluding carboxylic acids is 1. The number of sulfonamides is 1. The van der Waals surface area contributed by atoms with Crippen molar-refractivity contribution in [3.63, 3.8) is 0 Å². The maximum absolute atomic E-state index is 12.8. The van der Waals surface area contributed by atoms with E-state index < -0.39 is 21.5 Å². The summed E-state index contributed by atoms with van der Waals surface area (Å²) in [5.41, 5.74) is 0.556. The first-order chi connectivity index (χ1) is 13.3. The normalized spacial score (nSPS) is 15.4. The SMILES string of the molecule is Cc1c(Cl)cccc1NC(=O)Cn1cccc(S(=O)(=O)N2CCCCC2)c1=O. The Kier molecular flexibility index (Phi) is 6.22. The van der Waals surface area contributed by atoms with Crippen molar-refractivity contribution in [2.45, 2.75) is 37.6 Å². The largest absolute Gasteiger partial charge is 0.324 e. The third-order valence-corrected chi connectivity index (χ3v) is 7.09. The molecule has 0 radical (unpaired) electrons. The summed E-state index contributed by atoms with van der Waals surface area (Å²) in [4.78, 5) is 24.8. The van der Waals surface area contributed by atoms with E-state index in [1.54, 1.807) is 25.1 Å². The van der Waals surface area contributed by atoms with Crippen LogP contribution in [0.1, 0.15) is 24.8 Å². The molecule has 2 aromatic rings. The number of aromatic nitrogens is 1. The molecular weight excluding hydrogens is 402 g/mol. The van der Waals surface area contributed by atoms with Crippen molar-refractivity contribution in [2.75, 3.05) is 18.4 Å². The highest BCUT2D eigenvalue weighted by Gasteiger charge is 2.29. The molecule has 150 valence electrons. The molecule has 2 heterocycles. The molecule has 0 saturated carbocycles. The van der Waals surface area contributed by atoms with Crippen molar-refractivity contribution in [1.82, 2.24) is 8.87 Å². The van der Waals surface area contributed by atoms with E-state index in [4.69, 9.17) is 11.6 Å². The summed E-state index contributed by atoms with van der Waals surface area (Å²) in [5.74, 6) is -0.444. The molecule has 0 spiro atoms. The van der Waals surface area contributed by atoms with Gasteiger partial charge >= 0.3 is 0 Å². The average molecular weight is 424 g/mol. The lowest BCUT2D eigenvalue weighted by molar-refractivity contribution is -0.116. The third-order valence-electron chi connectivity index (χ3n) is 4.77. The molecule has 0 bridgehead atoms. The van der Waals surface area contributed by atoms with Crippen LogP contribution in [-0.2, 0) is 21.4 Å². The summed E-state index contributed by atoms with van der Waals surface area (Å²) < 4.78 is 28.1. The number of hydrogen-bond acceptors (Lipinski definition) is 4. The maximum atomic E-state index is 12.8. The smallest absolute Gasteiger partial charge is 0.271 e. The summed E-state index contributed by atoms with van der Waals surface area (Å²) in [6.45, 7) is 2.29. The van der Waals surface area contributed by atoms with Gasteiger partial charge in [-0.1, -0.05) is 24.1 Å². The summed E-state index contributed by atoms with van der Waals surface area (Å²) in [7, 11) is -3.87. The van der Waals surface area contributed by atoms with Crippen LogP contribution >= 0.6 is 11.6 Å². The summed E-state index contributed by atoms with van der Waals surface area (Å²) >= 11 is 6.05. The molecule has 0 atom stereocenters. The van der Waals surface area contributed by atoms with Gasteiger partial charge in [0, 0.05) is 30.0 Å². The maximum Gasteiger partial charge on any atom is 0.271 e. The number of nitrogens with zero attached hydrogens (tertiary/aromatic N) is 2. The van der Waals surface area contributed by atoms with Crippen LogP contribution in [0.2, 0.25) is 5.02 Å². The third kappa shape index (κ3) is 4.29. The standard InChI is InChI=1S/C19H22ClN3O4S/c1-14-15(20)7-5-8-16(14)21-18(24)13-22-10-6-9-17(19(22)25)28(26,27)23-11-3-2-4-12-23/h5-10H,2-4,11-13H2,1H3,(H,21,24). The van der Waals surface area contributed by atoms with Gasteiger partial charge < -0.3 is 9.88 Å². The minimum atomic E-state index is -3.87. The van der Waals surface area contributed by atoms with Gasteiger partial charge in [0.1, 0.15) is 11.4 Å². The highest BCUT2D eigenvalue weighted by Crippen LogP contribution is 2.23. The Morgan fingerprint density at radius 2 is 1.86 bits per heavy atom. The van der Waals surface area contributed by atoms with Gasteiger partial charge in [-0.05, 0) is 49.6 Å². The molecule has 0 unspecified atom stereocenters. The molecule has 9 heteroatoms. The molecule has 1 saturated heterocycles. The van der Waals surface area contributed by atoms with Gasteiger partial charge in [-0.2, -0.15) is 4.31 Å². The second-order valence-corrected chi connectivity index (χ2v) is 9.04. The molecule has 3 rings (SSSR count). The molecule has 1 aromatic heterocycles. The summed E-state index contributed by atoms with van der Waals surface area (Å²) in [6.07, 6.45) is 3.94. The Bertz CT molecular complexity index is 1040. The first-order valence-electron chi connectivity index (χ1n) is 9.05. The second-order valence-electron chi connectivity index (χ2n) is 6.73. The van der Waals surface area contributed by atoms with Gasteiger partial charge in [-0.3, -0.25) is 9.59 Å². The monoisotopic (exact) mass is 423 g/mol. The van der Waals surface area contributed by atoms with Gasteiger partial charge in [-0.15, -0.1) is 0 Å². The Balaban J connectivity index is 1.82. The van der Waals surface area contributed by atoms with Crippen molar-refractivity contribution in [3.8, 4) is 0 Å². The molecular formula is C19H22ClN3O4S. The van der Waals surface area contributed by atoms with Crippen LogP contribution in [0.5, 0.6) is 0 Å². The fourth-order valence-corrected chi connectivity index (χ4v) is 4.95. The van der Waals surface area contributed by atoms with E-state index in [9.17, 15) is 18.0 Å². The molecule has 1 aliphatic rings. The fraction of sp³-hybridized carbons (Fsp3) is 0.368. The van der Waals surface area contributed by atoms with Gasteiger partial charge in [0.05, 0.1) is 0 Å². The van der Waals surface area contributed by atoms with Crippen molar-refractivity contribution in [1.29, 1.82) is 0 Å². The zero-order valence-corrected chi connectivity index (χ0v) is 17.1. The number of rotatable bonds is 5. The first-order valence-corrected chi connectivity index (χ1v) is 10.9. The average Bonchev–Trinajstić information content (AvgIpc) is 2.67. The Labute approximate surface area is 169 Å². The lowest BCUT2D eigenvalue weighted by atomic mass is 10.2. The van der Waals surface area contributed by atoms with Crippen LogP contribution in [0.3, 0.4) is 0 Å². The summed E-state index contributed by atoms with van der Waals surface area (Å²) in [6, 6.07) is 7.89. The Morgan fingerprint density at radius 3 is 2.57 bits per heavy atom. The van der Waals surface area contributed by atoms with Crippen LogP contribution < -0.4 is 10.9 Å². The molecule has 28 heavy (non-hydrogen) atoms.